The number of carbonyl (C=O) groups is 8. The van der Waals surface area contributed by atoms with E-state index in [1.165, 1.54) is 44.4 Å². The minimum Gasteiger partial charge on any atom is -0.459 e. The number of piperazine rings is 1. The van der Waals surface area contributed by atoms with Gasteiger partial charge in [0.15, 0.2) is 11.4 Å². The molecule has 5 aliphatic heterocycles. The number of H-pyrrole nitrogens is 1. The fourth-order valence-corrected chi connectivity index (χ4v) is 17.8. The van der Waals surface area contributed by atoms with Gasteiger partial charge >= 0.3 is 12.1 Å². The van der Waals surface area contributed by atoms with Gasteiger partial charge < -0.3 is 104 Å². The van der Waals surface area contributed by atoms with Crippen molar-refractivity contribution in [1.29, 1.82) is 0 Å². The van der Waals surface area contributed by atoms with Gasteiger partial charge in [-0.15, -0.1) is 0 Å². The summed E-state index contributed by atoms with van der Waals surface area (Å²) in [5, 5.41) is 44.1. The SMILES string of the molecule is CO[C@H]1C[C@@H]2CC[C@@H](C)[C@@](O)(O2)C(=O)C(=O)N2CCCC[C@H]2C(=O)O[C@H]([C@H](N)C[C@@H]2CC[C@@H](OC(=O)N3CCN(c4ncc(C(=O)NCCOCCOCCOCCOCCOCCC(=O)N5CCc6cc(Cn7nc(-c8cnc9[nH]ccc9c8)c8c(N)ncnc87)ccc6C5)cn4)CC3)[C@H](OC)C2)CC(=O)[C@H](C)/C=C(\C)[C@@H](O)[C@@H](O)C(=O)[C@H](C)C[C@H](C)/C=C/C=C/C=C/1C. The molecule has 4 fully saturated rings. The summed E-state index contributed by atoms with van der Waals surface area (Å²) >= 11 is 0. The quantitative estimate of drug-likeness (QED) is 0.0107. The number of nitrogens with zero attached hydrogens (tertiary/aromatic N) is 11. The number of aliphatic hydroxyl groups excluding tert-OH is 2. The van der Waals surface area contributed by atoms with Crippen LogP contribution >= 0.6 is 0 Å². The number of methoxy groups -OCH3 is 2. The number of hydrogen-bond donors (Lipinski definition) is 7. The van der Waals surface area contributed by atoms with Gasteiger partial charge in [-0.05, 0) is 136 Å². The van der Waals surface area contributed by atoms with Gasteiger partial charge in [-0.2, -0.15) is 5.10 Å². The highest BCUT2D eigenvalue weighted by Crippen LogP contribution is 2.39. The Bertz CT molecular complexity index is 4960. The summed E-state index contributed by atoms with van der Waals surface area (Å²) in [6.07, 6.45) is 15.7. The van der Waals surface area contributed by atoms with Gasteiger partial charge in [-0.3, -0.25) is 28.8 Å². The molecule has 1 aliphatic carbocycles. The number of anilines is 2. The number of allylic oxidation sites excluding steroid dienone is 6. The van der Waals surface area contributed by atoms with Gasteiger partial charge in [0, 0.05) is 139 Å². The van der Waals surface area contributed by atoms with Gasteiger partial charge in [-0.1, -0.05) is 82.4 Å². The van der Waals surface area contributed by atoms with Crippen LogP contribution in [-0.2, 0) is 95.6 Å². The lowest BCUT2D eigenvalue weighted by Crippen LogP contribution is -2.61. The predicted molar refractivity (Wildman–Crippen MR) is 480 cm³/mol. The molecule has 36 nitrogen and oxygen atoms in total. The number of esters is 1. The van der Waals surface area contributed by atoms with Crippen LogP contribution in [0.25, 0.3) is 33.3 Å². The molecule has 0 unspecified atom stereocenters. The van der Waals surface area contributed by atoms with Crippen molar-refractivity contribution in [3.8, 4) is 11.3 Å². The largest absolute Gasteiger partial charge is 0.459 e. The number of aliphatic hydroxyl groups is 3. The lowest BCUT2D eigenvalue weighted by Gasteiger charge is -2.42. The maximum atomic E-state index is 14.7. The molecular weight excluding hydrogens is 1680 g/mol. The Morgan fingerprint density at radius 1 is 0.723 bits per heavy atom. The molecule has 0 radical (unpaired) electrons. The number of benzene rings is 1. The minimum absolute atomic E-state index is 0.00888. The maximum absolute atomic E-state index is 14.7. The molecule has 4 amide bonds. The number of pyridine rings is 1. The number of cyclic esters (lactones) is 1. The highest BCUT2D eigenvalue weighted by molar-refractivity contribution is 6.39. The number of fused-ring (bicyclic) bond motifs is 6. The van der Waals surface area contributed by atoms with E-state index in [4.69, 9.17) is 63.9 Å². The molecule has 5 aromatic heterocycles. The molecule has 1 aromatic carbocycles. The molecule has 2 bridgehead atoms. The van der Waals surface area contributed by atoms with Crippen LogP contribution in [-0.4, -0.2) is 304 Å². The molecule has 6 aromatic rings. The smallest absolute Gasteiger partial charge is 0.410 e. The maximum Gasteiger partial charge on any atom is 0.410 e. The summed E-state index contributed by atoms with van der Waals surface area (Å²) in [5.41, 5.74) is 21.0. The summed E-state index contributed by atoms with van der Waals surface area (Å²) < 4.78 is 60.6. The van der Waals surface area contributed by atoms with Crippen molar-refractivity contribution in [1.82, 2.24) is 59.7 Å². The molecule has 130 heavy (non-hydrogen) atoms. The zero-order chi connectivity index (χ0) is 92.5. The predicted octanol–water partition coefficient (Wildman–Crippen LogP) is 7.08. The number of hydrogen-bond acceptors (Lipinski definition) is 30. The van der Waals surface area contributed by atoms with Crippen molar-refractivity contribution < 1.29 is 101 Å². The third-order valence-electron chi connectivity index (χ3n) is 25.6. The van der Waals surface area contributed by atoms with Crippen LogP contribution in [0, 0.1) is 29.6 Å². The summed E-state index contributed by atoms with van der Waals surface area (Å²) in [6, 6.07) is 8.04. The molecule has 6 aliphatic rings. The fraction of sp³-hybridized carbons (Fsp3) is 0.596. The third-order valence-corrected chi connectivity index (χ3v) is 25.6. The van der Waals surface area contributed by atoms with E-state index in [1.807, 2.05) is 77.0 Å². The van der Waals surface area contributed by atoms with Gasteiger partial charge in [0.2, 0.25) is 17.6 Å². The van der Waals surface area contributed by atoms with E-state index in [1.54, 1.807) is 39.0 Å². The standard InChI is InChI=1S/C94H129N15O21/c1-58-14-10-9-11-15-59(2)76(121-7)50-71-21-17-63(6)94(120,130-71)85(115)90(117)108-28-13-12-16-73(108)91(118)128-77(51-74(110)60(3)45-62(5)83(113)84(114)82(112)61(4)44-58)72(95)47-64-19-22-75(78(48-64)122-8)129-93(119)106-32-30-105(31-33-106)92-100-53-70(54-101-92)89(116)98-27-35-124-37-39-126-41-43-127-42-40-125-38-36-123-34-25-79(111)107-29-24-66-46-65(18-20-68(66)56-107)55-109-88-80(86(96)102-57-103-88)81(104-109)69-49-67-23-26-97-87(67)99-52-69/h9-11,14-15,18,20,23,26,45-46,49,52-54,57-58,60-61,63-64,71-73,75-78,83-84,113-114,120H,12-13,16-17,19,21-22,24-25,27-44,47-48,50-51,55-56,95H2,1-8H3,(H,97,99)(H,98,116)(H2,96,102,103)/b11-9+,14-10+,59-15+,62-45+/t58-,60-,61-,63-,64+,71+,72-,73+,75-,76+,77+,78-,83-,84+,94-/m1/s1. The first kappa shape index (κ1) is 98.8. The van der Waals surface area contributed by atoms with E-state index in [0.29, 0.717) is 185 Å². The Morgan fingerprint density at radius 2 is 1.45 bits per heavy atom. The zero-order valence-electron chi connectivity index (χ0n) is 75.9. The molecule has 9 N–H and O–H groups in total. The average molecular weight is 1810 g/mol. The van der Waals surface area contributed by atoms with E-state index >= 15 is 0 Å². The number of amides is 4. The number of ether oxygens (including phenoxy) is 10. The second-order valence-electron chi connectivity index (χ2n) is 35.0. The van der Waals surface area contributed by atoms with Crippen LogP contribution in [0.5, 0.6) is 0 Å². The number of aromatic amines is 1. The van der Waals surface area contributed by atoms with Crippen molar-refractivity contribution in [2.24, 2.45) is 35.3 Å². The van der Waals surface area contributed by atoms with Gasteiger partial charge in [0.25, 0.3) is 17.6 Å². The van der Waals surface area contributed by atoms with Gasteiger partial charge in [0.05, 0.1) is 108 Å². The lowest BCUT2D eigenvalue weighted by molar-refractivity contribution is -0.265. The van der Waals surface area contributed by atoms with Crippen LogP contribution in [0.1, 0.15) is 152 Å². The third kappa shape index (κ3) is 26.2. The normalized spacial score (nSPS) is 27.3. The minimum atomic E-state index is -2.52. The first-order chi connectivity index (χ1) is 62.7. The Morgan fingerprint density at radius 3 is 2.17 bits per heavy atom. The van der Waals surface area contributed by atoms with Crippen molar-refractivity contribution in [2.45, 2.75) is 205 Å². The van der Waals surface area contributed by atoms with Crippen molar-refractivity contribution in [3.05, 3.63) is 131 Å². The summed E-state index contributed by atoms with van der Waals surface area (Å²) in [6.45, 7) is 16.8. The van der Waals surface area contributed by atoms with E-state index in [-0.39, 0.29) is 80.2 Å². The molecule has 12 rings (SSSR count). The molecule has 706 valence electrons. The number of nitrogen functional groups attached to an aromatic ring is 1. The topological polar surface area (TPSA) is 465 Å². The molecule has 0 spiro atoms. The summed E-state index contributed by atoms with van der Waals surface area (Å²) in [5.74, 6) is -8.98. The van der Waals surface area contributed by atoms with E-state index < -0.39 is 120 Å². The monoisotopic (exact) mass is 1800 g/mol. The number of Topliss-reactive ketones (excluding diaryl/α,β-unsaturated/α-hetero) is 3. The van der Waals surface area contributed by atoms with Crippen LogP contribution in [0.2, 0.25) is 0 Å². The Balaban J connectivity index is 0.517. The first-order valence-corrected chi connectivity index (χ1v) is 45.6. The van der Waals surface area contributed by atoms with Gasteiger partial charge in [0.1, 0.15) is 59.7 Å². The zero-order valence-corrected chi connectivity index (χ0v) is 75.9. The number of ketones is 3. The number of aromatic nitrogens is 8. The van der Waals surface area contributed by atoms with Crippen LogP contribution in [0.3, 0.4) is 0 Å². The number of rotatable bonds is 29. The summed E-state index contributed by atoms with van der Waals surface area (Å²) in [7, 11) is 3.07. The molecule has 3 saturated heterocycles. The second-order valence-corrected chi connectivity index (χ2v) is 35.0. The van der Waals surface area contributed by atoms with Crippen LogP contribution < -0.4 is 21.7 Å². The number of carbonyl (C=O) groups excluding carboxylic acids is 8. The van der Waals surface area contributed by atoms with Crippen molar-refractivity contribution >= 4 is 81.0 Å². The first-order valence-electron chi connectivity index (χ1n) is 45.6. The van der Waals surface area contributed by atoms with E-state index in [9.17, 15) is 53.7 Å². The molecular formula is C94H129N15O21. The van der Waals surface area contributed by atoms with E-state index in [0.717, 1.165) is 44.6 Å². The number of nitrogens with two attached hydrogens (primary N) is 2. The molecule has 1 saturated carbocycles. The van der Waals surface area contributed by atoms with Crippen molar-refractivity contribution in [3.63, 3.8) is 0 Å². The van der Waals surface area contributed by atoms with Crippen LogP contribution in [0.15, 0.2) is 109 Å². The number of nitrogens with one attached hydrogen (secondary N) is 2. The Kier molecular flexibility index (Phi) is 36.3. The molecule has 36 heteroatoms. The molecule has 10 heterocycles. The Hall–Kier alpha value is -10.2. The second kappa shape index (κ2) is 47.7. The van der Waals surface area contributed by atoms with Gasteiger partial charge in [-0.25, -0.2) is 39.2 Å². The van der Waals surface area contributed by atoms with Crippen LogP contribution in [0.4, 0.5) is 16.6 Å². The van der Waals surface area contributed by atoms with Crippen molar-refractivity contribution in [2.75, 3.05) is 137 Å². The lowest BCUT2D eigenvalue weighted by atomic mass is 9.80. The number of piperidine rings is 1. The molecule has 15 atom stereocenters. The van der Waals surface area contributed by atoms with E-state index in [2.05, 4.69) is 53.4 Å². The average Bonchev–Trinajstić information content (AvgIpc) is 1.59. The fourth-order valence-electron chi connectivity index (χ4n) is 17.8. The summed E-state index contributed by atoms with van der Waals surface area (Å²) in [4.78, 5) is 144. The Labute approximate surface area is 757 Å². The highest BCUT2D eigenvalue weighted by atomic mass is 16.6. The highest BCUT2D eigenvalue weighted by Gasteiger charge is 2.53.